The van der Waals surface area contributed by atoms with Gasteiger partial charge >= 0.3 is 0 Å². The number of hydrogen-bond donors (Lipinski definition) is 1. The van der Waals surface area contributed by atoms with E-state index in [1.165, 1.54) is 55.3 Å². The highest BCUT2D eigenvalue weighted by Crippen LogP contribution is 2.63. The lowest BCUT2D eigenvalue weighted by Crippen LogP contribution is -2.32. The molecule has 0 amide bonds. The first-order valence-corrected chi connectivity index (χ1v) is 18.6. The van der Waals surface area contributed by atoms with Crippen LogP contribution in [0.15, 0.2) is 199 Å². The predicted octanol–water partition coefficient (Wildman–Crippen LogP) is 12.1. The fraction of sp³-hybridized carbons (Fsp3) is 0.0392. The van der Waals surface area contributed by atoms with Crippen LogP contribution in [0, 0.1) is 0 Å². The number of ether oxygens (including phenoxy) is 1. The summed E-state index contributed by atoms with van der Waals surface area (Å²) >= 11 is 0. The molecule has 0 aromatic heterocycles. The second-order valence-electron chi connectivity index (χ2n) is 14.3. The van der Waals surface area contributed by atoms with E-state index < -0.39 is 5.41 Å². The van der Waals surface area contributed by atoms with Crippen molar-refractivity contribution in [3.63, 3.8) is 0 Å². The minimum Gasteiger partial charge on any atom is -0.457 e. The number of nitrogens with one attached hydrogen (secondary N) is 1. The molecule has 1 spiro atoms. The first-order valence-electron chi connectivity index (χ1n) is 18.6. The van der Waals surface area contributed by atoms with E-state index in [4.69, 9.17) is 9.73 Å². The Hall–Kier alpha value is -6.97. The summed E-state index contributed by atoms with van der Waals surface area (Å²) in [6, 6.07) is 67.5. The topological polar surface area (TPSA) is 33.6 Å². The Bertz CT molecular complexity index is 2770. The molecule has 3 heteroatoms. The standard InChI is InChI=1S/C51H34N2O/c1-3-14-34(15-4-1)45-32-46(35-16-5-2-6-17-35)53-50(52-45)36-28-26-33(27-29-36)39-20-13-23-43-49(39)40-30-37-18-7-8-19-38(37)31-44(40)51(43)41-21-9-11-24-47(41)54-48-25-12-10-22-42(48)51/h1-32,50,52H. The molecule has 254 valence electrons. The minimum atomic E-state index is -0.537. The monoisotopic (exact) mass is 690 g/mol. The van der Waals surface area contributed by atoms with Crippen molar-refractivity contribution in [2.75, 3.05) is 0 Å². The summed E-state index contributed by atoms with van der Waals surface area (Å²) in [5, 5.41) is 6.20. The van der Waals surface area contributed by atoms with Crippen LogP contribution in [0.5, 0.6) is 11.5 Å². The van der Waals surface area contributed by atoms with Crippen molar-refractivity contribution in [3.05, 3.63) is 233 Å². The molecule has 3 nitrogen and oxygen atoms in total. The Balaban J connectivity index is 1.08. The Morgan fingerprint density at radius 2 is 1.06 bits per heavy atom. The van der Waals surface area contributed by atoms with Gasteiger partial charge in [0.05, 0.1) is 11.1 Å². The van der Waals surface area contributed by atoms with Crippen molar-refractivity contribution in [1.29, 1.82) is 0 Å². The van der Waals surface area contributed by atoms with Gasteiger partial charge in [-0.25, -0.2) is 0 Å². The third kappa shape index (κ3) is 4.58. The van der Waals surface area contributed by atoms with Gasteiger partial charge in [0.1, 0.15) is 17.7 Å². The van der Waals surface area contributed by atoms with Crippen LogP contribution in [-0.2, 0) is 5.41 Å². The van der Waals surface area contributed by atoms with Gasteiger partial charge in [-0.2, -0.15) is 0 Å². The molecule has 54 heavy (non-hydrogen) atoms. The van der Waals surface area contributed by atoms with Crippen LogP contribution in [0.4, 0.5) is 0 Å². The summed E-state index contributed by atoms with van der Waals surface area (Å²) in [5.41, 5.74) is 14.7. The molecule has 1 unspecified atom stereocenters. The molecule has 1 atom stereocenters. The summed E-state index contributed by atoms with van der Waals surface area (Å²) in [5.74, 6) is 1.80. The second kappa shape index (κ2) is 12.0. The maximum Gasteiger partial charge on any atom is 0.145 e. The molecule has 0 saturated heterocycles. The summed E-state index contributed by atoms with van der Waals surface area (Å²) in [6.45, 7) is 0. The zero-order valence-corrected chi connectivity index (χ0v) is 29.4. The SMILES string of the molecule is C1=C(c2ccccc2)NC(c2ccc(-c3cccc4c3-c3cc5ccccc5cc3C43c4ccccc4Oc4ccccc43)cc2)N=C1c1ccccc1. The number of rotatable bonds is 4. The smallest absolute Gasteiger partial charge is 0.145 e. The summed E-state index contributed by atoms with van der Waals surface area (Å²) in [4.78, 5) is 5.23. The molecule has 0 bridgehead atoms. The van der Waals surface area contributed by atoms with E-state index in [9.17, 15) is 0 Å². The van der Waals surface area contributed by atoms with E-state index in [0.717, 1.165) is 39.6 Å². The van der Waals surface area contributed by atoms with Crippen LogP contribution in [0.2, 0.25) is 0 Å². The fourth-order valence-corrected chi connectivity index (χ4v) is 8.96. The van der Waals surface area contributed by atoms with Crippen LogP contribution in [0.3, 0.4) is 0 Å². The molecule has 1 N–H and O–H groups in total. The Labute approximate surface area is 314 Å². The molecule has 8 aromatic rings. The molecule has 0 saturated carbocycles. The van der Waals surface area contributed by atoms with E-state index in [0.29, 0.717) is 0 Å². The van der Waals surface area contributed by atoms with Gasteiger partial charge in [-0.15, -0.1) is 0 Å². The minimum absolute atomic E-state index is 0.235. The number of benzene rings is 8. The predicted molar refractivity (Wildman–Crippen MR) is 220 cm³/mol. The van der Waals surface area contributed by atoms with Gasteiger partial charge in [0.15, 0.2) is 0 Å². The van der Waals surface area contributed by atoms with Crippen LogP contribution < -0.4 is 10.1 Å². The van der Waals surface area contributed by atoms with Gasteiger partial charge in [-0.05, 0) is 91.2 Å². The van der Waals surface area contributed by atoms with Gasteiger partial charge in [-0.3, -0.25) is 4.99 Å². The number of nitrogens with zero attached hydrogens (tertiary/aromatic N) is 1. The highest BCUT2D eigenvalue weighted by atomic mass is 16.5. The van der Waals surface area contributed by atoms with E-state index in [1.807, 2.05) is 6.07 Å². The van der Waals surface area contributed by atoms with E-state index >= 15 is 0 Å². The maximum atomic E-state index is 6.62. The van der Waals surface area contributed by atoms with Crippen molar-refractivity contribution in [2.24, 2.45) is 4.99 Å². The number of allylic oxidation sites excluding steroid dienone is 1. The summed E-state index contributed by atoms with van der Waals surface area (Å²) < 4.78 is 6.62. The van der Waals surface area contributed by atoms with Crippen molar-refractivity contribution >= 4 is 22.2 Å². The van der Waals surface area contributed by atoms with Gasteiger partial charge in [0.25, 0.3) is 0 Å². The third-order valence-corrected chi connectivity index (χ3v) is 11.4. The molecule has 0 fully saturated rings. The first kappa shape index (κ1) is 30.6. The summed E-state index contributed by atoms with van der Waals surface area (Å²) in [7, 11) is 0. The van der Waals surface area contributed by atoms with Gasteiger partial charge in [0, 0.05) is 16.8 Å². The van der Waals surface area contributed by atoms with Crippen LogP contribution >= 0.6 is 0 Å². The van der Waals surface area contributed by atoms with Crippen LogP contribution in [0.1, 0.15) is 45.1 Å². The first-order chi connectivity index (χ1) is 26.8. The Kier molecular flexibility index (Phi) is 6.83. The Morgan fingerprint density at radius 1 is 0.463 bits per heavy atom. The quantitative estimate of drug-likeness (QED) is 0.199. The van der Waals surface area contributed by atoms with Crippen molar-refractivity contribution in [1.82, 2.24) is 5.32 Å². The highest BCUT2D eigenvalue weighted by molar-refractivity contribution is 6.13. The molecular weight excluding hydrogens is 657 g/mol. The van der Waals surface area contributed by atoms with Gasteiger partial charge in [-0.1, -0.05) is 164 Å². The fourth-order valence-electron chi connectivity index (χ4n) is 8.96. The average molecular weight is 691 g/mol. The summed E-state index contributed by atoms with van der Waals surface area (Å²) in [6.07, 6.45) is 1.92. The van der Waals surface area contributed by atoms with Crippen molar-refractivity contribution in [3.8, 4) is 33.8 Å². The van der Waals surface area contributed by atoms with Crippen LogP contribution in [-0.4, -0.2) is 5.71 Å². The third-order valence-electron chi connectivity index (χ3n) is 11.4. The molecule has 8 aromatic carbocycles. The van der Waals surface area contributed by atoms with Crippen molar-refractivity contribution in [2.45, 2.75) is 11.6 Å². The molecule has 11 rings (SSSR count). The second-order valence-corrected chi connectivity index (χ2v) is 14.3. The number of fused-ring (bicyclic) bond motifs is 10. The highest BCUT2D eigenvalue weighted by Gasteiger charge is 2.51. The van der Waals surface area contributed by atoms with Crippen molar-refractivity contribution < 1.29 is 4.74 Å². The lowest BCUT2D eigenvalue weighted by atomic mass is 9.66. The molecular formula is C51H34N2O. The van der Waals surface area contributed by atoms with E-state index in [1.54, 1.807) is 0 Å². The lowest BCUT2D eigenvalue weighted by Gasteiger charge is -2.39. The van der Waals surface area contributed by atoms with E-state index in [2.05, 4.69) is 193 Å². The number of para-hydroxylation sites is 2. The molecule has 2 aliphatic heterocycles. The molecule has 2 heterocycles. The maximum absolute atomic E-state index is 6.62. The molecule has 1 aliphatic carbocycles. The zero-order chi connectivity index (χ0) is 35.6. The van der Waals surface area contributed by atoms with Gasteiger partial charge < -0.3 is 10.1 Å². The van der Waals surface area contributed by atoms with Crippen LogP contribution in [0.25, 0.3) is 38.7 Å². The number of aliphatic imine (C=N–C) groups is 1. The molecule has 0 radical (unpaired) electrons. The lowest BCUT2D eigenvalue weighted by molar-refractivity contribution is 0.436. The molecule has 3 aliphatic rings. The van der Waals surface area contributed by atoms with Gasteiger partial charge in [0.2, 0.25) is 0 Å². The Morgan fingerprint density at radius 3 is 1.76 bits per heavy atom. The number of hydrogen-bond acceptors (Lipinski definition) is 3. The largest absolute Gasteiger partial charge is 0.457 e. The van der Waals surface area contributed by atoms with E-state index in [-0.39, 0.29) is 6.17 Å². The normalized spacial score (nSPS) is 15.9. The average Bonchev–Trinajstić information content (AvgIpc) is 3.53. The zero-order valence-electron chi connectivity index (χ0n) is 29.4.